The van der Waals surface area contributed by atoms with Crippen LogP contribution in [0.1, 0.15) is 11.1 Å². The van der Waals surface area contributed by atoms with Gasteiger partial charge in [-0.25, -0.2) is 0 Å². The van der Waals surface area contributed by atoms with E-state index in [1.165, 1.54) is 0 Å². The molecule has 0 radical (unpaired) electrons. The summed E-state index contributed by atoms with van der Waals surface area (Å²) in [5.74, 6) is 2.92. The molecule has 0 aliphatic rings. The third-order valence-electron chi connectivity index (χ3n) is 4.41. The first-order chi connectivity index (χ1) is 14.0. The van der Waals surface area contributed by atoms with Crippen LogP contribution < -0.4 is 18.9 Å². The third kappa shape index (κ3) is 7.49. The van der Waals surface area contributed by atoms with E-state index in [1.54, 1.807) is 28.4 Å². The van der Waals surface area contributed by atoms with E-state index in [2.05, 4.69) is 0 Å². The first-order valence-electron chi connectivity index (χ1n) is 9.28. The zero-order valence-corrected chi connectivity index (χ0v) is 20.5. The Morgan fingerprint density at radius 3 is 1.38 bits per heavy atom. The molecule has 0 saturated heterocycles. The van der Waals surface area contributed by atoms with E-state index >= 15 is 0 Å². The molecule has 0 saturated carbocycles. The first-order valence-corrected chi connectivity index (χ1v) is 12.6. The van der Waals surface area contributed by atoms with Crippen LogP contribution in [0.2, 0.25) is 10.6 Å². The maximum atomic E-state index is 6.57. The van der Waals surface area contributed by atoms with E-state index in [9.17, 15) is 0 Å². The number of methoxy groups -OCH3 is 4. The van der Waals surface area contributed by atoms with Crippen LogP contribution in [-0.4, -0.2) is 54.2 Å². The van der Waals surface area contributed by atoms with Crippen LogP contribution in [0.4, 0.5) is 0 Å². The maximum absolute atomic E-state index is 6.57. The van der Waals surface area contributed by atoms with Crippen molar-refractivity contribution in [3.63, 3.8) is 0 Å². The number of alkyl halides is 2. The van der Waals surface area contributed by atoms with Gasteiger partial charge in [0.25, 0.3) is 0 Å². The molecule has 0 heterocycles. The molecule has 4 nitrogen and oxygen atoms in total. The van der Waals surface area contributed by atoms with Crippen molar-refractivity contribution in [3.05, 3.63) is 47.5 Å². The van der Waals surface area contributed by atoms with Gasteiger partial charge in [0, 0.05) is 0 Å². The molecule has 160 valence electrons. The van der Waals surface area contributed by atoms with Crippen molar-refractivity contribution < 1.29 is 18.9 Å². The molecule has 0 amide bonds. The molecular weight excluding hydrogens is 478 g/mol. The Balaban J connectivity index is 1.79. The summed E-state index contributed by atoms with van der Waals surface area (Å²) in [5.41, 5.74) is 2.29. The van der Waals surface area contributed by atoms with Gasteiger partial charge in [-0.1, -0.05) is 0 Å². The zero-order valence-electron chi connectivity index (χ0n) is 17.2. The molecule has 0 aromatic heterocycles. The minimum atomic E-state index is 0.0815. The number of hydrogen-bond acceptors (Lipinski definition) is 4. The van der Waals surface area contributed by atoms with Crippen LogP contribution in [0.15, 0.2) is 36.4 Å². The molecule has 2 rings (SSSR count). The molecule has 2 atom stereocenters. The molecule has 2 aromatic carbocycles. The summed E-state index contributed by atoms with van der Waals surface area (Å²) in [6, 6.07) is 11.9. The van der Waals surface area contributed by atoms with Gasteiger partial charge in [-0.15, -0.1) is 0 Å². The van der Waals surface area contributed by atoms with E-state index < -0.39 is 0 Å². The van der Waals surface area contributed by atoms with Gasteiger partial charge in [0.05, 0.1) is 0 Å². The number of benzene rings is 2. The molecular formula is C22H28Cl2O4Se. The van der Waals surface area contributed by atoms with Crippen molar-refractivity contribution in [1.29, 1.82) is 0 Å². The summed E-state index contributed by atoms with van der Waals surface area (Å²) >= 11 is 13.5. The molecule has 0 aliphatic heterocycles. The standard InChI is InChI=1S/C22H28Cl2O4Se/c1-25-19-7-5-15(11-21(19)27-3)9-17(23)13-29-14-18(24)10-16-6-8-20(26-2)22(12-16)28-4/h5-8,11-12,17-18H,9-10,13-14H2,1-4H3. The van der Waals surface area contributed by atoms with Crippen LogP contribution in [0.25, 0.3) is 0 Å². The number of rotatable bonds is 12. The Morgan fingerprint density at radius 2 is 1.03 bits per heavy atom. The topological polar surface area (TPSA) is 36.9 Å². The Kier molecular flexibility index (Phi) is 10.3. The predicted molar refractivity (Wildman–Crippen MR) is 121 cm³/mol. The Labute approximate surface area is 189 Å². The van der Waals surface area contributed by atoms with Gasteiger partial charge in [0.1, 0.15) is 0 Å². The summed E-state index contributed by atoms with van der Waals surface area (Å²) < 4.78 is 21.3. The molecule has 0 spiro atoms. The van der Waals surface area contributed by atoms with Gasteiger partial charge < -0.3 is 0 Å². The van der Waals surface area contributed by atoms with Crippen LogP contribution >= 0.6 is 23.2 Å². The van der Waals surface area contributed by atoms with E-state index in [0.717, 1.165) is 57.6 Å². The molecule has 0 aliphatic carbocycles. The fourth-order valence-corrected chi connectivity index (χ4v) is 6.10. The Morgan fingerprint density at radius 1 is 0.655 bits per heavy atom. The molecule has 2 unspecified atom stereocenters. The van der Waals surface area contributed by atoms with Crippen molar-refractivity contribution in [2.24, 2.45) is 0 Å². The second-order valence-corrected chi connectivity index (χ2v) is 10.0. The molecule has 2 aromatic rings. The predicted octanol–water partition coefficient (Wildman–Crippen LogP) is 5.26. The van der Waals surface area contributed by atoms with Crippen LogP contribution in [0.3, 0.4) is 0 Å². The molecule has 7 heteroatoms. The van der Waals surface area contributed by atoms with Gasteiger partial charge in [-0.3, -0.25) is 0 Å². The van der Waals surface area contributed by atoms with Crippen LogP contribution in [0, 0.1) is 0 Å². The normalized spacial score (nSPS) is 12.9. The average Bonchev–Trinajstić information content (AvgIpc) is 2.73. The fraction of sp³-hybridized carbons (Fsp3) is 0.455. The minimum absolute atomic E-state index is 0.0815. The van der Waals surface area contributed by atoms with E-state index in [4.69, 9.17) is 42.1 Å². The van der Waals surface area contributed by atoms with Crippen molar-refractivity contribution in [2.75, 3.05) is 28.4 Å². The second-order valence-electron chi connectivity index (χ2n) is 6.52. The molecule has 0 bridgehead atoms. The quantitative estimate of drug-likeness (QED) is 0.291. The van der Waals surface area contributed by atoms with Crippen LogP contribution in [-0.2, 0) is 12.8 Å². The summed E-state index contributed by atoms with van der Waals surface area (Å²) in [6.07, 6.45) is 1.60. The Bertz CT molecular complexity index is 709. The summed E-state index contributed by atoms with van der Waals surface area (Å²) in [5, 5.41) is 2.10. The summed E-state index contributed by atoms with van der Waals surface area (Å²) in [7, 11) is 6.55. The third-order valence-corrected chi connectivity index (χ3v) is 8.53. The SMILES string of the molecule is COc1ccc(CC(Cl)C[Se]CC(Cl)Cc2ccc(OC)c(OC)c2)cc1OC. The summed E-state index contributed by atoms with van der Waals surface area (Å²) in [4.78, 5) is 0. The van der Waals surface area contributed by atoms with E-state index in [-0.39, 0.29) is 10.8 Å². The number of halogens is 2. The van der Waals surface area contributed by atoms with Crippen LogP contribution in [0.5, 0.6) is 23.0 Å². The van der Waals surface area contributed by atoms with E-state index in [1.807, 2.05) is 36.4 Å². The summed E-state index contributed by atoms with van der Waals surface area (Å²) in [6.45, 7) is 0. The number of hydrogen-bond donors (Lipinski definition) is 0. The van der Waals surface area contributed by atoms with Crippen molar-refractivity contribution in [1.82, 2.24) is 0 Å². The molecule has 29 heavy (non-hydrogen) atoms. The Hall–Kier alpha value is -1.26. The van der Waals surface area contributed by atoms with Gasteiger partial charge in [0.2, 0.25) is 0 Å². The number of ether oxygens (including phenoxy) is 4. The van der Waals surface area contributed by atoms with Gasteiger partial charge in [-0.2, -0.15) is 0 Å². The van der Waals surface area contributed by atoms with Crippen molar-refractivity contribution >= 4 is 38.2 Å². The van der Waals surface area contributed by atoms with Gasteiger partial charge >= 0.3 is 190 Å². The monoisotopic (exact) mass is 506 g/mol. The van der Waals surface area contributed by atoms with E-state index in [0.29, 0.717) is 15.0 Å². The second kappa shape index (κ2) is 12.4. The fourth-order valence-electron chi connectivity index (χ4n) is 2.97. The average molecular weight is 506 g/mol. The van der Waals surface area contributed by atoms with Gasteiger partial charge in [0.15, 0.2) is 0 Å². The first kappa shape index (κ1) is 24.0. The molecule has 0 N–H and O–H groups in total. The molecule has 0 fully saturated rings. The van der Waals surface area contributed by atoms with Crippen molar-refractivity contribution in [3.8, 4) is 23.0 Å². The van der Waals surface area contributed by atoms with Gasteiger partial charge in [-0.05, 0) is 0 Å². The zero-order chi connectivity index (χ0) is 21.2. The van der Waals surface area contributed by atoms with Crippen molar-refractivity contribution in [2.45, 2.75) is 34.2 Å².